The van der Waals surface area contributed by atoms with E-state index in [1.54, 1.807) is 12.1 Å². The Balaban J connectivity index is 1.75. The molecule has 2 aromatic rings. The monoisotopic (exact) mass is 344 g/mol. The van der Waals surface area contributed by atoms with Crippen LogP contribution in [0.3, 0.4) is 0 Å². The fourth-order valence-corrected chi connectivity index (χ4v) is 2.29. The van der Waals surface area contributed by atoms with Crippen molar-refractivity contribution in [2.24, 2.45) is 0 Å². The van der Waals surface area contributed by atoms with Crippen LogP contribution in [0.1, 0.15) is 49.4 Å². The third-order valence-electron chi connectivity index (χ3n) is 3.51. The van der Waals surface area contributed by atoms with Crippen molar-refractivity contribution in [1.29, 1.82) is 0 Å². The maximum Gasteiger partial charge on any atom is 0.286 e. The summed E-state index contributed by atoms with van der Waals surface area (Å²) in [4.78, 5) is 23.7. The van der Waals surface area contributed by atoms with Gasteiger partial charge >= 0.3 is 0 Å². The number of furan rings is 1. The molecule has 0 fully saturated rings. The Morgan fingerprint density at radius 3 is 2.44 bits per heavy atom. The molecule has 0 aliphatic carbocycles. The highest BCUT2D eigenvalue weighted by atomic mass is 16.5. The van der Waals surface area contributed by atoms with Crippen molar-refractivity contribution in [2.75, 3.05) is 6.54 Å². The van der Waals surface area contributed by atoms with Gasteiger partial charge in [-0.3, -0.25) is 9.59 Å². The number of hydrogen-bond donors (Lipinski definition) is 2. The van der Waals surface area contributed by atoms with Crippen LogP contribution in [0.15, 0.2) is 47.1 Å². The normalized spacial score (nSPS) is 11.8. The number of nitrogens with one attached hydrogen (secondary N) is 2. The Labute approximate surface area is 147 Å². The average molecular weight is 344 g/mol. The zero-order valence-electron chi connectivity index (χ0n) is 14.7. The van der Waals surface area contributed by atoms with Crippen LogP contribution in [0.25, 0.3) is 0 Å². The molecule has 2 rings (SSSR count). The Morgan fingerprint density at radius 1 is 1.12 bits per heavy atom. The van der Waals surface area contributed by atoms with Crippen molar-refractivity contribution in [3.05, 3.63) is 54.0 Å². The lowest BCUT2D eigenvalue weighted by Gasteiger charge is -2.16. The second kappa shape index (κ2) is 8.92. The molecule has 0 aliphatic heterocycles. The summed E-state index contributed by atoms with van der Waals surface area (Å²) in [6, 6.07) is 10.7. The third kappa shape index (κ3) is 5.99. The van der Waals surface area contributed by atoms with Gasteiger partial charge in [-0.1, -0.05) is 12.1 Å². The maximum absolute atomic E-state index is 12.0. The summed E-state index contributed by atoms with van der Waals surface area (Å²) in [7, 11) is 0. The van der Waals surface area contributed by atoms with E-state index in [4.69, 9.17) is 9.15 Å². The van der Waals surface area contributed by atoms with Crippen LogP contribution in [-0.2, 0) is 4.79 Å². The molecule has 2 N–H and O–H groups in total. The van der Waals surface area contributed by atoms with E-state index in [1.165, 1.54) is 6.26 Å². The predicted octanol–water partition coefficient (Wildman–Crippen LogP) is 3.06. The molecule has 2 amide bonds. The largest absolute Gasteiger partial charge is 0.491 e. The van der Waals surface area contributed by atoms with E-state index in [2.05, 4.69) is 10.6 Å². The predicted molar refractivity (Wildman–Crippen MR) is 94.4 cm³/mol. The first kappa shape index (κ1) is 18.6. The van der Waals surface area contributed by atoms with Gasteiger partial charge in [-0.2, -0.15) is 0 Å². The lowest BCUT2D eigenvalue weighted by atomic mass is 10.1. The van der Waals surface area contributed by atoms with Crippen molar-refractivity contribution >= 4 is 11.8 Å². The van der Waals surface area contributed by atoms with Crippen LogP contribution in [0.2, 0.25) is 0 Å². The van der Waals surface area contributed by atoms with E-state index >= 15 is 0 Å². The second-order valence-corrected chi connectivity index (χ2v) is 6.01. The van der Waals surface area contributed by atoms with Gasteiger partial charge in [-0.15, -0.1) is 0 Å². The molecule has 1 unspecified atom stereocenters. The number of ether oxygens (including phenoxy) is 1. The summed E-state index contributed by atoms with van der Waals surface area (Å²) in [5.74, 6) is 0.580. The van der Waals surface area contributed by atoms with Crippen molar-refractivity contribution in [1.82, 2.24) is 10.6 Å². The van der Waals surface area contributed by atoms with Gasteiger partial charge in [-0.05, 0) is 50.6 Å². The topological polar surface area (TPSA) is 80.6 Å². The first-order chi connectivity index (χ1) is 12.0. The molecule has 1 aromatic heterocycles. The number of hydrogen-bond acceptors (Lipinski definition) is 4. The standard InChI is InChI=1S/C19H24N2O4/c1-13(2)25-16-8-6-15(7-9-16)14(3)21-18(22)10-11-20-19(23)17-5-4-12-24-17/h4-9,12-14H,10-11H2,1-3H3,(H,20,23)(H,21,22). The maximum atomic E-state index is 12.0. The number of benzene rings is 1. The van der Waals surface area contributed by atoms with E-state index in [9.17, 15) is 9.59 Å². The van der Waals surface area contributed by atoms with Crippen LogP contribution < -0.4 is 15.4 Å². The summed E-state index contributed by atoms with van der Waals surface area (Å²) < 4.78 is 10.6. The van der Waals surface area contributed by atoms with Crippen molar-refractivity contribution in [3.63, 3.8) is 0 Å². The van der Waals surface area contributed by atoms with Gasteiger partial charge in [0.05, 0.1) is 18.4 Å². The number of rotatable bonds is 8. The third-order valence-corrected chi connectivity index (χ3v) is 3.51. The molecular weight excluding hydrogens is 320 g/mol. The van der Waals surface area contributed by atoms with Gasteiger partial charge in [0.1, 0.15) is 5.75 Å². The minimum absolute atomic E-state index is 0.124. The highest BCUT2D eigenvalue weighted by Gasteiger charge is 2.12. The quantitative estimate of drug-likeness (QED) is 0.771. The summed E-state index contributed by atoms with van der Waals surface area (Å²) in [6.07, 6.45) is 1.76. The molecule has 25 heavy (non-hydrogen) atoms. The summed E-state index contributed by atoms with van der Waals surface area (Å²) in [5.41, 5.74) is 0.990. The van der Waals surface area contributed by atoms with E-state index in [0.29, 0.717) is 0 Å². The van der Waals surface area contributed by atoms with Crippen LogP contribution >= 0.6 is 0 Å². The molecule has 0 saturated heterocycles. The first-order valence-electron chi connectivity index (χ1n) is 8.33. The van der Waals surface area contributed by atoms with Crippen molar-refractivity contribution in [2.45, 2.75) is 39.3 Å². The highest BCUT2D eigenvalue weighted by molar-refractivity contribution is 5.91. The molecule has 1 heterocycles. The van der Waals surface area contributed by atoms with Gasteiger partial charge in [0.15, 0.2) is 5.76 Å². The second-order valence-electron chi connectivity index (χ2n) is 6.01. The van der Waals surface area contributed by atoms with Gasteiger partial charge in [0, 0.05) is 13.0 Å². The molecule has 0 aliphatic rings. The molecule has 1 aromatic carbocycles. The van der Waals surface area contributed by atoms with E-state index in [0.717, 1.165) is 11.3 Å². The molecule has 6 nitrogen and oxygen atoms in total. The smallest absolute Gasteiger partial charge is 0.286 e. The minimum Gasteiger partial charge on any atom is -0.491 e. The SMILES string of the molecule is CC(C)Oc1ccc(C(C)NC(=O)CCNC(=O)c2ccco2)cc1. The summed E-state index contributed by atoms with van der Waals surface area (Å²) >= 11 is 0. The minimum atomic E-state index is -0.327. The molecule has 0 spiro atoms. The molecular formula is C19H24N2O4. The lowest BCUT2D eigenvalue weighted by Crippen LogP contribution is -2.31. The van der Waals surface area contributed by atoms with Gasteiger partial charge < -0.3 is 19.8 Å². The van der Waals surface area contributed by atoms with E-state index in [1.807, 2.05) is 45.0 Å². The number of carbonyl (C=O) groups is 2. The average Bonchev–Trinajstić information content (AvgIpc) is 3.09. The molecule has 0 saturated carbocycles. The van der Waals surface area contributed by atoms with Crippen LogP contribution in [-0.4, -0.2) is 24.5 Å². The zero-order valence-corrected chi connectivity index (χ0v) is 14.7. The molecule has 0 bridgehead atoms. The zero-order chi connectivity index (χ0) is 18.2. The van der Waals surface area contributed by atoms with E-state index < -0.39 is 0 Å². The number of amides is 2. The Kier molecular flexibility index (Phi) is 6.62. The molecule has 134 valence electrons. The van der Waals surface area contributed by atoms with Gasteiger partial charge in [-0.25, -0.2) is 0 Å². The van der Waals surface area contributed by atoms with Crippen LogP contribution in [0.5, 0.6) is 5.75 Å². The summed E-state index contributed by atoms with van der Waals surface area (Å²) in [6.45, 7) is 6.11. The molecule has 6 heteroatoms. The van der Waals surface area contributed by atoms with Crippen molar-refractivity contribution in [3.8, 4) is 5.75 Å². The fourth-order valence-electron chi connectivity index (χ4n) is 2.29. The first-order valence-corrected chi connectivity index (χ1v) is 8.33. The number of carbonyl (C=O) groups excluding carboxylic acids is 2. The Morgan fingerprint density at radius 2 is 1.84 bits per heavy atom. The molecule has 0 radical (unpaired) electrons. The highest BCUT2D eigenvalue weighted by Crippen LogP contribution is 2.18. The molecule has 1 atom stereocenters. The van der Waals surface area contributed by atoms with Crippen LogP contribution in [0, 0.1) is 0 Å². The lowest BCUT2D eigenvalue weighted by molar-refractivity contribution is -0.121. The van der Waals surface area contributed by atoms with Gasteiger partial charge in [0.2, 0.25) is 5.91 Å². The van der Waals surface area contributed by atoms with Crippen LogP contribution in [0.4, 0.5) is 0 Å². The fraction of sp³-hybridized carbons (Fsp3) is 0.368. The van der Waals surface area contributed by atoms with Gasteiger partial charge in [0.25, 0.3) is 5.91 Å². The Bertz CT molecular complexity index is 678. The van der Waals surface area contributed by atoms with Crippen molar-refractivity contribution < 1.29 is 18.7 Å². The van der Waals surface area contributed by atoms with E-state index in [-0.39, 0.29) is 42.7 Å². The summed E-state index contributed by atoms with van der Waals surface area (Å²) in [5, 5.41) is 5.55. The Hall–Kier alpha value is -2.76.